The molecule has 0 saturated carbocycles. The van der Waals surface area contributed by atoms with Crippen LogP contribution in [0.1, 0.15) is 5.56 Å². The maximum absolute atomic E-state index is 13.1. The first-order valence-corrected chi connectivity index (χ1v) is 8.21. The van der Waals surface area contributed by atoms with Crippen LogP contribution in [0.4, 0.5) is 4.39 Å². The topological polar surface area (TPSA) is 74.8 Å². The van der Waals surface area contributed by atoms with Crippen molar-refractivity contribution in [1.29, 1.82) is 0 Å². The number of H-pyrrole nitrogens is 1. The van der Waals surface area contributed by atoms with Gasteiger partial charge in [-0.15, -0.1) is 0 Å². The molecular formula is C15H14FN3O2S. The summed E-state index contributed by atoms with van der Waals surface area (Å²) in [6.45, 7) is 0.223. The Bertz CT molecular complexity index is 906. The van der Waals surface area contributed by atoms with E-state index in [1.54, 1.807) is 6.20 Å². The lowest BCUT2D eigenvalue weighted by molar-refractivity contribution is 0.578. The Morgan fingerprint density at radius 2 is 2.09 bits per heavy atom. The Labute approximate surface area is 127 Å². The van der Waals surface area contributed by atoms with Crippen LogP contribution in [0.5, 0.6) is 0 Å². The SMILES string of the molecule is O=S(=O)(NCCc1c[nH]c2ncccc12)c1cccc(F)c1. The highest BCUT2D eigenvalue weighted by molar-refractivity contribution is 7.89. The van der Waals surface area contributed by atoms with Gasteiger partial charge in [0.05, 0.1) is 4.90 Å². The van der Waals surface area contributed by atoms with Crippen LogP contribution in [0, 0.1) is 5.82 Å². The predicted molar refractivity (Wildman–Crippen MR) is 81.4 cm³/mol. The van der Waals surface area contributed by atoms with E-state index in [-0.39, 0.29) is 11.4 Å². The lowest BCUT2D eigenvalue weighted by Crippen LogP contribution is -2.26. The first-order chi connectivity index (χ1) is 10.6. The number of rotatable bonds is 5. The molecule has 0 aliphatic rings. The van der Waals surface area contributed by atoms with Gasteiger partial charge in [0.15, 0.2) is 0 Å². The highest BCUT2D eigenvalue weighted by Crippen LogP contribution is 2.16. The number of aromatic nitrogens is 2. The molecule has 0 aliphatic carbocycles. The third kappa shape index (κ3) is 3.00. The van der Waals surface area contributed by atoms with Crippen molar-refractivity contribution in [2.45, 2.75) is 11.3 Å². The van der Waals surface area contributed by atoms with Crippen molar-refractivity contribution in [1.82, 2.24) is 14.7 Å². The van der Waals surface area contributed by atoms with E-state index < -0.39 is 15.8 Å². The average Bonchev–Trinajstić information content (AvgIpc) is 2.91. The number of nitrogens with one attached hydrogen (secondary N) is 2. The number of halogens is 1. The molecule has 0 aliphatic heterocycles. The molecule has 0 spiro atoms. The Morgan fingerprint density at radius 1 is 1.23 bits per heavy atom. The zero-order valence-electron chi connectivity index (χ0n) is 11.6. The van der Waals surface area contributed by atoms with E-state index in [2.05, 4.69) is 14.7 Å². The van der Waals surface area contributed by atoms with E-state index in [1.807, 2.05) is 18.3 Å². The lowest BCUT2D eigenvalue weighted by atomic mass is 10.2. The van der Waals surface area contributed by atoms with Crippen LogP contribution in [0.15, 0.2) is 53.7 Å². The molecule has 114 valence electrons. The van der Waals surface area contributed by atoms with E-state index in [9.17, 15) is 12.8 Å². The normalized spacial score (nSPS) is 11.9. The van der Waals surface area contributed by atoms with Gasteiger partial charge in [0.2, 0.25) is 10.0 Å². The van der Waals surface area contributed by atoms with E-state index in [4.69, 9.17) is 0 Å². The van der Waals surface area contributed by atoms with Crippen molar-refractivity contribution in [2.75, 3.05) is 6.54 Å². The minimum atomic E-state index is -3.71. The minimum Gasteiger partial charge on any atom is -0.346 e. The standard InChI is InChI=1S/C15H14FN3O2S/c16-12-3-1-4-13(9-12)22(20,21)19-8-6-11-10-18-15-14(11)5-2-7-17-15/h1-5,7,9-10,19H,6,8H2,(H,17,18). The summed E-state index contributed by atoms with van der Waals surface area (Å²) in [6, 6.07) is 8.69. The molecule has 2 aromatic heterocycles. The molecule has 0 radical (unpaired) electrons. The summed E-state index contributed by atoms with van der Waals surface area (Å²) < 4.78 is 39.7. The smallest absolute Gasteiger partial charge is 0.240 e. The molecule has 0 amide bonds. The van der Waals surface area contributed by atoms with Crippen LogP contribution in [0.3, 0.4) is 0 Å². The van der Waals surface area contributed by atoms with Crippen LogP contribution < -0.4 is 4.72 Å². The van der Waals surface area contributed by atoms with Crippen LogP contribution in [0.2, 0.25) is 0 Å². The fourth-order valence-corrected chi connectivity index (χ4v) is 3.32. The Balaban J connectivity index is 1.70. The summed E-state index contributed by atoms with van der Waals surface area (Å²) in [6.07, 6.45) is 4.02. The summed E-state index contributed by atoms with van der Waals surface area (Å²) in [5.74, 6) is -0.578. The number of sulfonamides is 1. The van der Waals surface area contributed by atoms with Gasteiger partial charge in [0, 0.05) is 24.3 Å². The van der Waals surface area contributed by atoms with Crippen molar-refractivity contribution in [3.8, 4) is 0 Å². The van der Waals surface area contributed by atoms with Crippen molar-refractivity contribution in [3.05, 3.63) is 60.2 Å². The van der Waals surface area contributed by atoms with E-state index in [0.717, 1.165) is 22.7 Å². The highest BCUT2D eigenvalue weighted by atomic mass is 32.2. The molecule has 7 heteroatoms. The molecule has 3 rings (SSSR count). The Kier molecular flexibility index (Phi) is 3.91. The molecule has 0 atom stereocenters. The van der Waals surface area contributed by atoms with Gasteiger partial charge in [-0.1, -0.05) is 6.07 Å². The molecule has 0 unspecified atom stereocenters. The maximum atomic E-state index is 13.1. The van der Waals surface area contributed by atoms with E-state index in [0.29, 0.717) is 6.42 Å². The number of pyridine rings is 1. The van der Waals surface area contributed by atoms with Gasteiger partial charge in [0.25, 0.3) is 0 Å². The molecule has 2 N–H and O–H groups in total. The zero-order valence-corrected chi connectivity index (χ0v) is 12.4. The van der Waals surface area contributed by atoms with Gasteiger partial charge in [-0.3, -0.25) is 0 Å². The number of hydrogen-bond donors (Lipinski definition) is 2. The Morgan fingerprint density at radius 3 is 2.91 bits per heavy atom. The molecule has 2 heterocycles. The van der Waals surface area contributed by atoms with Gasteiger partial charge < -0.3 is 4.98 Å². The largest absolute Gasteiger partial charge is 0.346 e. The zero-order chi connectivity index (χ0) is 15.6. The molecule has 0 saturated heterocycles. The van der Waals surface area contributed by atoms with Crippen LogP contribution in [-0.2, 0) is 16.4 Å². The average molecular weight is 319 g/mol. The summed E-state index contributed by atoms with van der Waals surface area (Å²) >= 11 is 0. The molecule has 3 aromatic rings. The lowest BCUT2D eigenvalue weighted by Gasteiger charge is -2.06. The summed E-state index contributed by atoms with van der Waals surface area (Å²) in [5.41, 5.74) is 1.75. The summed E-state index contributed by atoms with van der Waals surface area (Å²) in [5, 5.41) is 0.965. The molecule has 0 fully saturated rings. The Hall–Kier alpha value is -2.25. The molecule has 0 bridgehead atoms. The monoisotopic (exact) mass is 319 g/mol. The third-order valence-electron chi connectivity index (χ3n) is 3.33. The highest BCUT2D eigenvalue weighted by Gasteiger charge is 2.14. The molecule has 22 heavy (non-hydrogen) atoms. The fraction of sp³-hybridized carbons (Fsp3) is 0.133. The molecule has 5 nitrogen and oxygen atoms in total. The number of nitrogens with zero attached hydrogens (tertiary/aromatic N) is 1. The predicted octanol–water partition coefficient (Wildman–Crippen LogP) is 2.22. The second-order valence-electron chi connectivity index (χ2n) is 4.82. The molecule has 1 aromatic carbocycles. The second kappa shape index (κ2) is 5.86. The van der Waals surface area contributed by atoms with Gasteiger partial charge >= 0.3 is 0 Å². The van der Waals surface area contributed by atoms with Crippen LogP contribution in [0.25, 0.3) is 11.0 Å². The van der Waals surface area contributed by atoms with Crippen molar-refractivity contribution >= 4 is 21.1 Å². The summed E-state index contributed by atoms with van der Waals surface area (Å²) in [4.78, 5) is 7.14. The van der Waals surface area contributed by atoms with Crippen molar-refractivity contribution in [3.63, 3.8) is 0 Å². The maximum Gasteiger partial charge on any atom is 0.240 e. The number of benzene rings is 1. The van der Waals surface area contributed by atoms with Crippen LogP contribution >= 0.6 is 0 Å². The third-order valence-corrected chi connectivity index (χ3v) is 4.79. The number of fused-ring (bicyclic) bond motifs is 1. The van der Waals surface area contributed by atoms with Crippen molar-refractivity contribution in [2.24, 2.45) is 0 Å². The van der Waals surface area contributed by atoms with E-state index >= 15 is 0 Å². The van der Waals surface area contributed by atoms with Crippen molar-refractivity contribution < 1.29 is 12.8 Å². The van der Waals surface area contributed by atoms with Gasteiger partial charge in [-0.2, -0.15) is 0 Å². The first-order valence-electron chi connectivity index (χ1n) is 6.72. The molecular weight excluding hydrogens is 305 g/mol. The number of aromatic amines is 1. The minimum absolute atomic E-state index is 0.0758. The number of hydrogen-bond acceptors (Lipinski definition) is 3. The quantitative estimate of drug-likeness (QED) is 0.757. The fourth-order valence-electron chi connectivity index (χ4n) is 2.26. The van der Waals surface area contributed by atoms with E-state index in [1.165, 1.54) is 18.2 Å². The van der Waals surface area contributed by atoms with Crippen LogP contribution in [-0.4, -0.2) is 24.9 Å². The van der Waals surface area contributed by atoms with Gasteiger partial charge in [-0.25, -0.2) is 22.5 Å². The first kappa shape index (κ1) is 14.7. The summed E-state index contributed by atoms with van der Waals surface area (Å²) in [7, 11) is -3.71. The van der Waals surface area contributed by atoms with Gasteiger partial charge in [0.1, 0.15) is 11.5 Å². The van der Waals surface area contributed by atoms with Gasteiger partial charge in [-0.05, 0) is 42.3 Å². The second-order valence-corrected chi connectivity index (χ2v) is 6.59.